The lowest BCUT2D eigenvalue weighted by Gasteiger charge is -2.08. The van der Waals surface area contributed by atoms with Crippen LogP contribution in [0.15, 0.2) is 18.2 Å². The molecule has 0 saturated heterocycles. The van der Waals surface area contributed by atoms with Gasteiger partial charge in [0.2, 0.25) is 5.91 Å². The van der Waals surface area contributed by atoms with E-state index in [0.717, 1.165) is 0 Å². The molecule has 0 spiro atoms. The Balaban J connectivity index is 1.98. The summed E-state index contributed by atoms with van der Waals surface area (Å²) in [6, 6.07) is 4.66. The zero-order valence-electron chi connectivity index (χ0n) is 10.8. The number of nitrogens with zero attached hydrogens (tertiary/aromatic N) is 1. The minimum Gasteiger partial charge on any atom is -0.481 e. The minimum absolute atomic E-state index is 0.00610. The molecular weight excluding hydrogens is 264 g/mol. The summed E-state index contributed by atoms with van der Waals surface area (Å²) >= 11 is 0. The van der Waals surface area contributed by atoms with E-state index in [4.69, 9.17) is 5.11 Å². The number of amides is 1. The van der Waals surface area contributed by atoms with Crippen molar-refractivity contribution in [1.82, 2.24) is 5.32 Å². The number of aliphatic carboxylic acids is 1. The third-order valence-corrected chi connectivity index (χ3v) is 3.51. The summed E-state index contributed by atoms with van der Waals surface area (Å²) in [4.78, 5) is 32.7. The maximum absolute atomic E-state index is 11.7. The van der Waals surface area contributed by atoms with E-state index in [9.17, 15) is 19.7 Å². The van der Waals surface area contributed by atoms with Crippen molar-refractivity contribution in [3.05, 3.63) is 39.4 Å². The van der Waals surface area contributed by atoms with Crippen LogP contribution in [0, 0.1) is 28.9 Å². The summed E-state index contributed by atoms with van der Waals surface area (Å²) in [6.45, 7) is 1.78. The largest absolute Gasteiger partial charge is 0.481 e. The summed E-state index contributed by atoms with van der Waals surface area (Å²) in [6.07, 6.45) is 0.356. The fraction of sp³-hybridized carbons (Fsp3) is 0.385. The fourth-order valence-corrected chi connectivity index (χ4v) is 2.13. The van der Waals surface area contributed by atoms with Crippen LogP contribution in [0.4, 0.5) is 5.69 Å². The van der Waals surface area contributed by atoms with Crippen molar-refractivity contribution in [3.8, 4) is 0 Å². The molecule has 1 saturated carbocycles. The van der Waals surface area contributed by atoms with Crippen molar-refractivity contribution >= 4 is 17.6 Å². The van der Waals surface area contributed by atoms with Gasteiger partial charge >= 0.3 is 5.97 Å². The molecule has 0 unspecified atom stereocenters. The fourth-order valence-electron chi connectivity index (χ4n) is 2.13. The Bertz CT molecular complexity index is 584. The van der Waals surface area contributed by atoms with Crippen molar-refractivity contribution in [2.75, 3.05) is 0 Å². The Morgan fingerprint density at radius 1 is 1.45 bits per heavy atom. The molecule has 1 aliphatic carbocycles. The predicted octanol–water partition coefficient (Wildman–Crippen LogP) is 1.24. The Labute approximate surface area is 114 Å². The second-order valence-corrected chi connectivity index (χ2v) is 4.82. The van der Waals surface area contributed by atoms with Crippen LogP contribution in [0.5, 0.6) is 0 Å². The SMILES string of the molecule is Cc1c(CNC(=O)[C@@H]2C[C@@H]2C(=O)O)cccc1[N+](=O)[O-]. The maximum atomic E-state index is 11.7. The lowest BCUT2D eigenvalue weighted by Crippen LogP contribution is -2.26. The molecule has 2 rings (SSSR count). The van der Waals surface area contributed by atoms with Crippen molar-refractivity contribution < 1.29 is 19.6 Å². The molecule has 7 nitrogen and oxygen atoms in total. The van der Waals surface area contributed by atoms with Crippen LogP contribution < -0.4 is 5.32 Å². The highest BCUT2D eigenvalue weighted by Crippen LogP contribution is 2.38. The van der Waals surface area contributed by atoms with Gasteiger partial charge in [-0.05, 0) is 18.9 Å². The van der Waals surface area contributed by atoms with E-state index in [2.05, 4.69) is 5.32 Å². The highest BCUT2D eigenvalue weighted by Gasteiger charge is 2.48. The number of carbonyl (C=O) groups is 2. The van der Waals surface area contributed by atoms with Gasteiger partial charge in [0.1, 0.15) is 0 Å². The zero-order chi connectivity index (χ0) is 14.9. The number of carbonyl (C=O) groups excluding carboxylic acids is 1. The first-order valence-electron chi connectivity index (χ1n) is 6.15. The highest BCUT2D eigenvalue weighted by atomic mass is 16.6. The number of nitrogens with one attached hydrogen (secondary N) is 1. The van der Waals surface area contributed by atoms with Gasteiger partial charge in [0, 0.05) is 18.2 Å². The van der Waals surface area contributed by atoms with E-state index in [0.29, 0.717) is 17.5 Å². The standard InChI is InChI=1S/C13H14N2O5/c1-7-8(3-2-4-11(7)15(19)20)6-14-12(16)9-5-10(9)13(17)18/h2-4,9-10H,5-6H2,1H3,(H,14,16)(H,17,18)/t9-,10+/m1/s1. The minimum atomic E-state index is -0.961. The van der Waals surface area contributed by atoms with Crippen LogP contribution in [0.25, 0.3) is 0 Å². The average Bonchev–Trinajstić information content (AvgIpc) is 3.17. The number of rotatable bonds is 5. The smallest absolute Gasteiger partial charge is 0.307 e. The van der Waals surface area contributed by atoms with Crippen LogP contribution >= 0.6 is 0 Å². The first-order valence-corrected chi connectivity index (χ1v) is 6.15. The summed E-state index contributed by atoms with van der Waals surface area (Å²) in [5.74, 6) is -2.35. The molecule has 7 heteroatoms. The van der Waals surface area contributed by atoms with Crippen LogP contribution in [0.2, 0.25) is 0 Å². The Morgan fingerprint density at radius 2 is 2.15 bits per heavy atom. The third-order valence-electron chi connectivity index (χ3n) is 3.51. The normalized spacial score (nSPS) is 20.2. The molecule has 1 aromatic rings. The molecule has 0 radical (unpaired) electrons. The molecule has 1 aliphatic rings. The van der Waals surface area contributed by atoms with Crippen molar-refractivity contribution in [1.29, 1.82) is 0 Å². The Kier molecular flexibility index (Phi) is 3.69. The van der Waals surface area contributed by atoms with E-state index >= 15 is 0 Å². The quantitative estimate of drug-likeness (QED) is 0.622. The van der Waals surface area contributed by atoms with Gasteiger partial charge in [-0.2, -0.15) is 0 Å². The van der Waals surface area contributed by atoms with Crippen molar-refractivity contribution in [3.63, 3.8) is 0 Å². The molecule has 106 valence electrons. The molecule has 1 fully saturated rings. The summed E-state index contributed by atoms with van der Waals surface area (Å²) in [5.41, 5.74) is 1.16. The number of nitro groups is 1. The number of hydrogen-bond acceptors (Lipinski definition) is 4. The molecule has 2 N–H and O–H groups in total. The van der Waals surface area contributed by atoms with Gasteiger partial charge in [-0.25, -0.2) is 0 Å². The number of nitro benzene ring substituents is 1. The van der Waals surface area contributed by atoms with Crippen LogP contribution in [-0.2, 0) is 16.1 Å². The number of hydrogen-bond donors (Lipinski definition) is 2. The molecular formula is C13H14N2O5. The molecule has 20 heavy (non-hydrogen) atoms. The average molecular weight is 278 g/mol. The molecule has 0 aliphatic heterocycles. The molecule has 0 heterocycles. The lowest BCUT2D eigenvalue weighted by atomic mass is 10.1. The predicted molar refractivity (Wildman–Crippen MR) is 68.9 cm³/mol. The third kappa shape index (κ3) is 2.76. The number of benzene rings is 1. The number of carboxylic acids is 1. The number of carboxylic acid groups (broad SMARTS) is 1. The second-order valence-electron chi connectivity index (χ2n) is 4.82. The van der Waals surface area contributed by atoms with Crippen molar-refractivity contribution in [2.24, 2.45) is 11.8 Å². The van der Waals surface area contributed by atoms with Gasteiger partial charge in [0.15, 0.2) is 0 Å². The van der Waals surface area contributed by atoms with Gasteiger partial charge in [0.05, 0.1) is 16.8 Å². The van der Waals surface area contributed by atoms with Crippen molar-refractivity contribution in [2.45, 2.75) is 19.9 Å². The summed E-state index contributed by atoms with van der Waals surface area (Å²) in [7, 11) is 0. The van der Waals surface area contributed by atoms with Gasteiger partial charge in [-0.3, -0.25) is 19.7 Å². The highest BCUT2D eigenvalue weighted by molar-refractivity contribution is 5.89. The first-order chi connectivity index (χ1) is 9.41. The molecule has 1 aromatic carbocycles. The maximum Gasteiger partial charge on any atom is 0.307 e. The molecule has 0 aromatic heterocycles. The lowest BCUT2D eigenvalue weighted by molar-refractivity contribution is -0.385. The van der Waals surface area contributed by atoms with Crippen LogP contribution in [0.3, 0.4) is 0 Å². The van der Waals surface area contributed by atoms with E-state index in [1.807, 2.05) is 0 Å². The van der Waals surface area contributed by atoms with E-state index in [1.54, 1.807) is 19.1 Å². The van der Waals surface area contributed by atoms with E-state index in [-0.39, 0.29) is 18.1 Å². The topological polar surface area (TPSA) is 110 Å². The second kappa shape index (κ2) is 5.28. The van der Waals surface area contributed by atoms with Gasteiger partial charge in [-0.15, -0.1) is 0 Å². The van der Waals surface area contributed by atoms with Crippen LogP contribution in [-0.4, -0.2) is 21.9 Å². The Morgan fingerprint density at radius 3 is 2.70 bits per heavy atom. The summed E-state index contributed by atoms with van der Waals surface area (Å²) in [5, 5.41) is 22.2. The molecule has 1 amide bonds. The summed E-state index contributed by atoms with van der Waals surface area (Å²) < 4.78 is 0. The monoisotopic (exact) mass is 278 g/mol. The van der Waals surface area contributed by atoms with Gasteiger partial charge in [0.25, 0.3) is 5.69 Å². The van der Waals surface area contributed by atoms with Gasteiger partial charge < -0.3 is 10.4 Å². The first kappa shape index (κ1) is 14.0. The molecule has 0 bridgehead atoms. The zero-order valence-corrected chi connectivity index (χ0v) is 10.8. The van der Waals surface area contributed by atoms with E-state index in [1.165, 1.54) is 6.07 Å². The molecule has 2 atom stereocenters. The van der Waals surface area contributed by atoms with Crippen LogP contribution in [0.1, 0.15) is 17.5 Å². The Hall–Kier alpha value is -2.44. The van der Waals surface area contributed by atoms with Gasteiger partial charge in [-0.1, -0.05) is 12.1 Å². The van der Waals surface area contributed by atoms with E-state index < -0.39 is 22.7 Å².